The van der Waals surface area contributed by atoms with Crippen LogP contribution in [0, 0.1) is 0 Å². The van der Waals surface area contributed by atoms with Gasteiger partial charge in [0.25, 0.3) is 5.91 Å². The summed E-state index contributed by atoms with van der Waals surface area (Å²) in [5.74, 6) is -0.222. The summed E-state index contributed by atoms with van der Waals surface area (Å²) >= 11 is 0. The quantitative estimate of drug-likeness (QED) is 0.892. The van der Waals surface area contributed by atoms with E-state index in [1.807, 2.05) is 18.2 Å². The summed E-state index contributed by atoms with van der Waals surface area (Å²) in [4.78, 5) is 26.3. The Morgan fingerprint density at radius 2 is 1.92 bits per heavy atom. The van der Waals surface area contributed by atoms with Crippen molar-refractivity contribution in [2.75, 3.05) is 26.7 Å². The standard InChI is InChI=1S/C18H24N4O2/c1-21-17(23)10-9-15(20-21)18(24)19-13-16(22-11-5-6-12-22)14-7-3-2-4-8-14/h2-4,7-8,16H,5-6,9-13H2,1H3,(H,19,24)/t16-/m1/s1. The molecule has 0 aliphatic carbocycles. The van der Waals surface area contributed by atoms with Crippen LogP contribution in [0.15, 0.2) is 35.4 Å². The van der Waals surface area contributed by atoms with Crippen molar-refractivity contribution in [3.8, 4) is 0 Å². The number of hydrazone groups is 1. The van der Waals surface area contributed by atoms with Gasteiger partial charge in [-0.3, -0.25) is 14.5 Å². The molecule has 1 N–H and O–H groups in total. The largest absolute Gasteiger partial charge is 0.349 e. The molecule has 1 aromatic carbocycles. The van der Waals surface area contributed by atoms with Gasteiger partial charge in [-0.25, -0.2) is 5.01 Å². The Labute approximate surface area is 142 Å². The third-order valence-electron chi connectivity index (χ3n) is 4.69. The summed E-state index contributed by atoms with van der Waals surface area (Å²) in [7, 11) is 1.59. The molecular weight excluding hydrogens is 304 g/mol. The van der Waals surface area contributed by atoms with Crippen molar-refractivity contribution in [1.82, 2.24) is 15.2 Å². The topological polar surface area (TPSA) is 65.0 Å². The fourth-order valence-electron chi connectivity index (χ4n) is 3.31. The molecule has 1 aromatic rings. The van der Waals surface area contributed by atoms with Crippen LogP contribution in [0.1, 0.15) is 37.3 Å². The van der Waals surface area contributed by atoms with Crippen molar-refractivity contribution in [3.63, 3.8) is 0 Å². The summed E-state index contributed by atoms with van der Waals surface area (Å²) in [6.45, 7) is 2.68. The molecule has 1 saturated heterocycles. The van der Waals surface area contributed by atoms with Crippen LogP contribution in [0.4, 0.5) is 0 Å². The summed E-state index contributed by atoms with van der Waals surface area (Å²) in [5.41, 5.74) is 1.66. The number of likely N-dealkylation sites (tertiary alicyclic amines) is 1. The number of hydrogen-bond donors (Lipinski definition) is 1. The van der Waals surface area contributed by atoms with Gasteiger partial charge in [0, 0.05) is 26.4 Å². The summed E-state index contributed by atoms with van der Waals surface area (Å²) < 4.78 is 0. The maximum absolute atomic E-state index is 12.4. The van der Waals surface area contributed by atoms with E-state index in [0.29, 0.717) is 25.1 Å². The van der Waals surface area contributed by atoms with Gasteiger partial charge >= 0.3 is 0 Å². The molecule has 6 heteroatoms. The van der Waals surface area contributed by atoms with Crippen molar-refractivity contribution >= 4 is 17.5 Å². The maximum Gasteiger partial charge on any atom is 0.267 e. The van der Waals surface area contributed by atoms with Crippen LogP contribution < -0.4 is 5.32 Å². The molecule has 0 aromatic heterocycles. The van der Waals surface area contributed by atoms with Gasteiger partial charge in [-0.1, -0.05) is 30.3 Å². The Kier molecular flexibility index (Phi) is 5.25. The molecule has 24 heavy (non-hydrogen) atoms. The number of nitrogens with one attached hydrogen (secondary N) is 1. The zero-order valence-electron chi connectivity index (χ0n) is 14.1. The first-order valence-electron chi connectivity index (χ1n) is 8.56. The highest BCUT2D eigenvalue weighted by atomic mass is 16.2. The highest BCUT2D eigenvalue weighted by Gasteiger charge is 2.26. The van der Waals surface area contributed by atoms with E-state index in [0.717, 1.165) is 13.1 Å². The van der Waals surface area contributed by atoms with Gasteiger partial charge in [0.2, 0.25) is 5.91 Å². The molecule has 1 atom stereocenters. The fraction of sp³-hybridized carbons (Fsp3) is 0.500. The molecule has 0 spiro atoms. The van der Waals surface area contributed by atoms with E-state index in [1.165, 1.54) is 23.4 Å². The lowest BCUT2D eigenvalue weighted by Gasteiger charge is -2.28. The van der Waals surface area contributed by atoms with Crippen molar-refractivity contribution in [2.45, 2.75) is 31.7 Å². The molecule has 0 radical (unpaired) electrons. The number of carbonyl (C=O) groups excluding carboxylic acids is 2. The molecule has 6 nitrogen and oxygen atoms in total. The molecule has 2 heterocycles. The lowest BCUT2D eigenvalue weighted by Crippen LogP contribution is -2.41. The van der Waals surface area contributed by atoms with E-state index in [1.54, 1.807) is 7.05 Å². The molecule has 0 unspecified atom stereocenters. The van der Waals surface area contributed by atoms with Crippen LogP contribution in [-0.2, 0) is 9.59 Å². The maximum atomic E-state index is 12.4. The predicted octanol–water partition coefficient (Wildman–Crippen LogP) is 1.55. The Morgan fingerprint density at radius 3 is 2.58 bits per heavy atom. The Balaban J connectivity index is 1.66. The van der Waals surface area contributed by atoms with Crippen LogP contribution >= 0.6 is 0 Å². The smallest absolute Gasteiger partial charge is 0.267 e. The second-order valence-corrected chi connectivity index (χ2v) is 6.34. The van der Waals surface area contributed by atoms with Crippen molar-refractivity contribution in [3.05, 3.63) is 35.9 Å². The molecule has 2 aliphatic rings. The van der Waals surface area contributed by atoms with Gasteiger partial charge in [0.05, 0.1) is 6.04 Å². The molecule has 2 amide bonds. The minimum absolute atomic E-state index is 0.0502. The fourth-order valence-corrected chi connectivity index (χ4v) is 3.31. The average Bonchev–Trinajstić information content (AvgIpc) is 3.12. The zero-order valence-corrected chi connectivity index (χ0v) is 14.1. The predicted molar refractivity (Wildman–Crippen MR) is 92.4 cm³/mol. The molecule has 0 bridgehead atoms. The van der Waals surface area contributed by atoms with Crippen LogP contribution in [0.2, 0.25) is 0 Å². The van der Waals surface area contributed by atoms with E-state index in [2.05, 4.69) is 27.5 Å². The first kappa shape index (κ1) is 16.6. The Hall–Kier alpha value is -2.21. The minimum atomic E-state index is -0.172. The average molecular weight is 328 g/mol. The first-order valence-corrected chi connectivity index (χ1v) is 8.56. The lowest BCUT2D eigenvalue weighted by atomic mass is 10.1. The van der Waals surface area contributed by atoms with E-state index >= 15 is 0 Å². The summed E-state index contributed by atoms with van der Waals surface area (Å²) in [6.07, 6.45) is 3.17. The highest BCUT2D eigenvalue weighted by molar-refractivity contribution is 6.39. The number of carbonyl (C=O) groups is 2. The lowest BCUT2D eigenvalue weighted by molar-refractivity contribution is -0.130. The van der Waals surface area contributed by atoms with Crippen LogP contribution in [0.5, 0.6) is 0 Å². The first-order chi connectivity index (χ1) is 11.6. The van der Waals surface area contributed by atoms with Gasteiger partial charge in [-0.2, -0.15) is 5.10 Å². The van der Waals surface area contributed by atoms with Crippen LogP contribution in [-0.4, -0.2) is 54.1 Å². The monoisotopic (exact) mass is 328 g/mol. The second kappa shape index (κ2) is 7.57. The number of hydrogen-bond acceptors (Lipinski definition) is 4. The minimum Gasteiger partial charge on any atom is -0.349 e. The number of benzene rings is 1. The third-order valence-corrected chi connectivity index (χ3v) is 4.69. The van der Waals surface area contributed by atoms with E-state index in [-0.39, 0.29) is 17.9 Å². The SMILES string of the molecule is CN1N=C(C(=O)NC[C@H](c2ccccc2)N2CCCC2)CCC1=O. The molecule has 2 aliphatic heterocycles. The summed E-state index contributed by atoms with van der Waals surface area (Å²) in [6, 6.07) is 10.5. The number of rotatable bonds is 5. The molecule has 1 fully saturated rings. The Bertz CT molecular complexity index is 623. The van der Waals surface area contributed by atoms with E-state index in [4.69, 9.17) is 0 Å². The second-order valence-electron chi connectivity index (χ2n) is 6.34. The highest BCUT2D eigenvalue weighted by Crippen LogP contribution is 2.24. The van der Waals surface area contributed by atoms with E-state index in [9.17, 15) is 9.59 Å². The van der Waals surface area contributed by atoms with Crippen LogP contribution in [0.3, 0.4) is 0 Å². The van der Waals surface area contributed by atoms with Gasteiger partial charge in [0.1, 0.15) is 5.71 Å². The van der Waals surface area contributed by atoms with Crippen molar-refractivity contribution in [2.24, 2.45) is 5.10 Å². The Morgan fingerprint density at radius 1 is 1.21 bits per heavy atom. The van der Waals surface area contributed by atoms with Crippen molar-refractivity contribution < 1.29 is 9.59 Å². The van der Waals surface area contributed by atoms with Crippen LogP contribution in [0.25, 0.3) is 0 Å². The van der Waals surface area contributed by atoms with Crippen molar-refractivity contribution in [1.29, 1.82) is 0 Å². The van der Waals surface area contributed by atoms with E-state index < -0.39 is 0 Å². The number of amides is 2. The summed E-state index contributed by atoms with van der Waals surface area (Å²) in [5, 5.41) is 8.36. The van der Waals surface area contributed by atoms with Gasteiger partial charge in [0.15, 0.2) is 0 Å². The van der Waals surface area contributed by atoms with Gasteiger partial charge < -0.3 is 5.32 Å². The van der Waals surface area contributed by atoms with Gasteiger partial charge in [-0.15, -0.1) is 0 Å². The number of nitrogens with zero attached hydrogens (tertiary/aromatic N) is 3. The third kappa shape index (κ3) is 3.82. The normalized spacial score (nSPS) is 20.0. The molecule has 3 rings (SSSR count). The molecular formula is C18H24N4O2. The van der Waals surface area contributed by atoms with Gasteiger partial charge in [-0.05, 0) is 31.5 Å². The molecule has 0 saturated carbocycles. The molecule has 128 valence electrons. The zero-order chi connectivity index (χ0) is 16.9.